The first-order valence-electron chi connectivity index (χ1n) is 9.23. The van der Waals surface area contributed by atoms with Crippen LogP contribution in [-0.4, -0.2) is 77.5 Å². The maximum absolute atomic E-state index is 5.92. The van der Waals surface area contributed by atoms with Crippen molar-refractivity contribution in [1.29, 1.82) is 0 Å². The number of guanidine groups is 1. The minimum atomic E-state index is 0.0452. The Hall–Kier alpha value is -1.60. The molecule has 1 aliphatic rings. The summed E-state index contributed by atoms with van der Waals surface area (Å²) in [6.45, 7) is 13.2. The van der Waals surface area contributed by atoms with E-state index in [9.17, 15) is 0 Å². The van der Waals surface area contributed by atoms with Gasteiger partial charge in [-0.25, -0.2) is 0 Å². The van der Waals surface area contributed by atoms with Crippen molar-refractivity contribution in [3.05, 3.63) is 18.0 Å². The molecule has 2 heterocycles. The lowest BCUT2D eigenvalue weighted by Crippen LogP contribution is -2.50. The molecule has 1 unspecified atom stereocenters. The lowest BCUT2D eigenvalue weighted by atomic mass is 10.1. The van der Waals surface area contributed by atoms with E-state index in [1.807, 2.05) is 31.2 Å². The van der Waals surface area contributed by atoms with Crippen molar-refractivity contribution in [1.82, 2.24) is 24.9 Å². The van der Waals surface area contributed by atoms with Gasteiger partial charge in [-0.05, 0) is 27.7 Å². The molecule has 0 radical (unpaired) electrons. The zero-order chi connectivity index (χ0) is 18.4. The van der Waals surface area contributed by atoms with Crippen LogP contribution in [0, 0.1) is 0 Å². The van der Waals surface area contributed by atoms with Crippen molar-refractivity contribution < 1.29 is 4.74 Å². The lowest BCUT2D eigenvalue weighted by molar-refractivity contribution is -0.00807. The van der Waals surface area contributed by atoms with Crippen LogP contribution in [-0.2, 0) is 11.8 Å². The van der Waals surface area contributed by atoms with Gasteiger partial charge in [0.05, 0.1) is 19.3 Å². The highest BCUT2D eigenvalue weighted by atomic mass is 16.5. The van der Waals surface area contributed by atoms with Crippen LogP contribution in [0.25, 0.3) is 0 Å². The molecule has 25 heavy (non-hydrogen) atoms. The summed E-state index contributed by atoms with van der Waals surface area (Å²) in [6.07, 6.45) is 3.95. The molecule has 0 aliphatic carbocycles. The van der Waals surface area contributed by atoms with E-state index < -0.39 is 0 Å². The molecule has 0 amide bonds. The second-order valence-corrected chi connectivity index (χ2v) is 7.15. The largest absolute Gasteiger partial charge is 0.370 e. The monoisotopic (exact) mass is 350 g/mol. The number of ether oxygens (including phenoxy) is 1. The average Bonchev–Trinajstić information content (AvgIpc) is 3.01. The average molecular weight is 351 g/mol. The number of rotatable bonds is 6. The lowest BCUT2D eigenvalue weighted by Gasteiger charge is -2.35. The van der Waals surface area contributed by atoms with Gasteiger partial charge in [-0.2, -0.15) is 5.10 Å². The van der Waals surface area contributed by atoms with Gasteiger partial charge in [0.2, 0.25) is 0 Å². The Morgan fingerprint density at radius 2 is 2.12 bits per heavy atom. The van der Waals surface area contributed by atoms with E-state index >= 15 is 0 Å². The third kappa shape index (κ3) is 5.44. The molecule has 1 aromatic heterocycles. The first-order valence-corrected chi connectivity index (χ1v) is 9.23. The minimum absolute atomic E-state index is 0.0452. The molecule has 0 saturated carbocycles. The highest BCUT2D eigenvalue weighted by Gasteiger charge is 2.25. The van der Waals surface area contributed by atoms with E-state index in [-0.39, 0.29) is 6.10 Å². The predicted octanol–water partition coefficient (Wildman–Crippen LogP) is 1.49. The van der Waals surface area contributed by atoms with Gasteiger partial charge in [-0.15, -0.1) is 0 Å². The van der Waals surface area contributed by atoms with Crippen LogP contribution in [0.3, 0.4) is 0 Å². The van der Waals surface area contributed by atoms with Gasteiger partial charge >= 0.3 is 0 Å². The molecular weight excluding hydrogens is 316 g/mol. The van der Waals surface area contributed by atoms with Crippen molar-refractivity contribution in [3.8, 4) is 0 Å². The molecule has 0 aromatic carbocycles. The fourth-order valence-corrected chi connectivity index (χ4v) is 3.39. The van der Waals surface area contributed by atoms with Gasteiger partial charge in [0.1, 0.15) is 6.10 Å². The van der Waals surface area contributed by atoms with Crippen LogP contribution >= 0.6 is 0 Å². The predicted molar refractivity (Wildman–Crippen MR) is 102 cm³/mol. The van der Waals surface area contributed by atoms with Crippen molar-refractivity contribution in [2.24, 2.45) is 12.0 Å². The third-order valence-electron chi connectivity index (χ3n) is 4.65. The van der Waals surface area contributed by atoms with Gasteiger partial charge in [-0.3, -0.25) is 14.6 Å². The Balaban J connectivity index is 1.89. The molecule has 1 aliphatic heterocycles. The number of morpholine rings is 1. The van der Waals surface area contributed by atoms with Crippen molar-refractivity contribution in [2.75, 3.05) is 39.8 Å². The van der Waals surface area contributed by atoms with E-state index in [1.54, 1.807) is 0 Å². The molecule has 2 rings (SSSR count). The first-order chi connectivity index (χ1) is 11.9. The first kappa shape index (κ1) is 19.7. The zero-order valence-corrected chi connectivity index (χ0v) is 16.6. The van der Waals surface area contributed by atoms with Gasteiger partial charge in [-0.1, -0.05) is 0 Å². The molecule has 1 aromatic rings. The molecule has 1 N–H and O–H groups in total. The number of nitrogens with one attached hydrogen (secondary N) is 1. The minimum Gasteiger partial charge on any atom is -0.370 e. The van der Waals surface area contributed by atoms with Crippen LogP contribution in [0.2, 0.25) is 0 Å². The molecular formula is C18H34N6O. The topological polar surface area (TPSA) is 57.9 Å². The quantitative estimate of drug-likeness (QED) is 0.622. The summed E-state index contributed by atoms with van der Waals surface area (Å²) in [7, 11) is 3.78. The molecule has 1 atom stereocenters. The van der Waals surface area contributed by atoms with Crippen molar-refractivity contribution >= 4 is 5.96 Å². The summed E-state index contributed by atoms with van der Waals surface area (Å²) >= 11 is 0. The Labute approximate surface area is 152 Å². The van der Waals surface area contributed by atoms with Crippen molar-refractivity contribution in [2.45, 2.75) is 45.9 Å². The molecule has 0 bridgehead atoms. The normalized spacial score (nSPS) is 19.3. The van der Waals surface area contributed by atoms with E-state index in [2.05, 4.69) is 52.9 Å². The number of hydrogen-bond donors (Lipinski definition) is 1. The second kappa shape index (κ2) is 9.20. The molecule has 7 nitrogen and oxygen atoms in total. The van der Waals surface area contributed by atoms with Crippen LogP contribution in [0.5, 0.6) is 0 Å². The summed E-state index contributed by atoms with van der Waals surface area (Å²) in [6, 6.07) is 1.09. The summed E-state index contributed by atoms with van der Waals surface area (Å²) in [5.41, 5.74) is 1.12. The number of nitrogens with zero attached hydrogens (tertiary/aromatic N) is 5. The van der Waals surface area contributed by atoms with Gasteiger partial charge in [0, 0.05) is 57.6 Å². The fourth-order valence-electron chi connectivity index (χ4n) is 3.39. The zero-order valence-electron chi connectivity index (χ0n) is 16.6. The summed E-state index contributed by atoms with van der Waals surface area (Å²) in [5.74, 6) is 0.949. The van der Waals surface area contributed by atoms with Crippen LogP contribution in [0.15, 0.2) is 17.4 Å². The van der Waals surface area contributed by atoms with Gasteiger partial charge < -0.3 is 15.0 Å². The summed E-state index contributed by atoms with van der Waals surface area (Å²) in [5, 5.41) is 7.77. The Bertz CT molecular complexity index is 546. The Kier molecular flexibility index (Phi) is 7.25. The highest BCUT2D eigenvalue weighted by molar-refractivity contribution is 5.80. The Morgan fingerprint density at radius 1 is 1.40 bits per heavy atom. The maximum atomic E-state index is 5.92. The SMILES string of the molecule is CN=C(NCCN(C(C)C)C(C)C)N1CCOC(c2cnn(C)c2)C1. The summed E-state index contributed by atoms with van der Waals surface area (Å²) in [4.78, 5) is 9.23. The molecule has 1 saturated heterocycles. The van der Waals surface area contributed by atoms with E-state index in [4.69, 9.17) is 4.74 Å². The smallest absolute Gasteiger partial charge is 0.193 e. The number of hydrogen-bond acceptors (Lipinski definition) is 4. The fraction of sp³-hybridized carbons (Fsp3) is 0.778. The van der Waals surface area contributed by atoms with E-state index in [1.165, 1.54) is 0 Å². The van der Waals surface area contributed by atoms with Crippen molar-refractivity contribution in [3.63, 3.8) is 0 Å². The molecule has 0 spiro atoms. The number of aliphatic imine (C=N–C) groups is 1. The molecule has 142 valence electrons. The van der Waals surface area contributed by atoms with Crippen LogP contribution in [0.1, 0.15) is 39.4 Å². The summed E-state index contributed by atoms with van der Waals surface area (Å²) < 4.78 is 7.74. The highest BCUT2D eigenvalue weighted by Crippen LogP contribution is 2.21. The molecule has 7 heteroatoms. The number of aromatic nitrogens is 2. The second-order valence-electron chi connectivity index (χ2n) is 7.15. The number of aryl methyl sites for hydroxylation is 1. The van der Waals surface area contributed by atoms with E-state index in [0.29, 0.717) is 18.7 Å². The van der Waals surface area contributed by atoms with E-state index in [0.717, 1.165) is 37.7 Å². The van der Waals surface area contributed by atoms with Gasteiger partial charge in [0.25, 0.3) is 0 Å². The van der Waals surface area contributed by atoms with Crippen LogP contribution < -0.4 is 5.32 Å². The van der Waals surface area contributed by atoms with Gasteiger partial charge in [0.15, 0.2) is 5.96 Å². The maximum Gasteiger partial charge on any atom is 0.193 e. The Morgan fingerprint density at radius 3 is 2.68 bits per heavy atom. The molecule has 1 fully saturated rings. The standard InChI is InChI=1S/C18H34N6O/c1-14(2)24(15(3)4)8-7-20-18(19-5)23-9-10-25-17(13-23)16-11-21-22(6)12-16/h11-12,14-15,17H,7-10,13H2,1-6H3,(H,19,20). The third-order valence-corrected chi connectivity index (χ3v) is 4.65. The van der Waals surface area contributed by atoms with Crippen LogP contribution in [0.4, 0.5) is 0 Å².